The van der Waals surface area contributed by atoms with Crippen LogP contribution >= 0.6 is 0 Å². The van der Waals surface area contributed by atoms with Crippen LogP contribution in [0.25, 0.3) is 10.9 Å². The Bertz CT molecular complexity index is 1410. The predicted molar refractivity (Wildman–Crippen MR) is 136 cm³/mol. The molecular weight excluding hydrogens is 482 g/mol. The number of fused-ring (bicyclic) bond motifs is 1. The van der Waals surface area contributed by atoms with Crippen molar-refractivity contribution in [2.75, 3.05) is 5.32 Å². The lowest BCUT2D eigenvalue weighted by Crippen LogP contribution is -2.42. The third-order valence-corrected chi connectivity index (χ3v) is 6.64. The number of benzene rings is 2. The molecule has 1 aliphatic carbocycles. The van der Waals surface area contributed by atoms with Gasteiger partial charge in [-0.25, -0.2) is 13.6 Å². The number of para-hydroxylation sites is 1. The molecule has 0 aliphatic heterocycles. The lowest BCUT2D eigenvalue weighted by molar-refractivity contribution is -0.122. The van der Waals surface area contributed by atoms with Gasteiger partial charge >= 0.3 is 5.69 Å². The fourth-order valence-corrected chi connectivity index (χ4v) is 4.75. The topological polar surface area (TPSA) is 102 Å². The van der Waals surface area contributed by atoms with Gasteiger partial charge in [0.25, 0.3) is 5.56 Å². The summed E-state index contributed by atoms with van der Waals surface area (Å²) in [5, 5.41) is 5.66. The smallest absolute Gasteiger partial charge is 0.331 e. The number of rotatable bonds is 9. The molecule has 2 amide bonds. The van der Waals surface area contributed by atoms with Gasteiger partial charge in [-0.15, -0.1) is 0 Å². The van der Waals surface area contributed by atoms with E-state index in [2.05, 4.69) is 10.6 Å². The number of aromatic nitrogens is 2. The Hall–Kier alpha value is -3.82. The van der Waals surface area contributed by atoms with Gasteiger partial charge in [0.15, 0.2) is 0 Å². The molecule has 37 heavy (non-hydrogen) atoms. The predicted octanol–water partition coefficient (Wildman–Crippen LogP) is 3.70. The number of hydrogen-bond donors (Lipinski definition) is 2. The van der Waals surface area contributed by atoms with Crippen LogP contribution in [-0.2, 0) is 22.7 Å². The Morgan fingerprint density at radius 2 is 1.68 bits per heavy atom. The molecule has 4 rings (SSSR count). The SMILES string of the molecule is O=C(Cn1c(=O)n(CCCCC(=O)NC2CCCCC2)c(=O)c2ccccc21)Nc1ccc(F)cc1F. The quantitative estimate of drug-likeness (QED) is 0.427. The number of nitrogens with one attached hydrogen (secondary N) is 2. The molecule has 3 aromatic rings. The van der Waals surface area contributed by atoms with Crippen LogP contribution in [0.3, 0.4) is 0 Å². The first kappa shape index (κ1) is 26.2. The van der Waals surface area contributed by atoms with Gasteiger partial charge in [0.2, 0.25) is 11.8 Å². The molecule has 196 valence electrons. The fraction of sp³-hybridized carbons (Fsp3) is 0.407. The molecule has 0 spiro atoms. The van der Waals surface area contributed by atoms with Gasteiger partial charge in [0, 0.05) is 25.1 Å². The van der Waals surface area contributed by atoms with Gasteiger partial charge in [0.1, 0.15) is 18.2 Å². The van der Waals surface area contributed by atoms with Crippen molar-refractivity contribution in [2.24, 2.45) is 0 Å². The normalized spacial score (nSPS) is 14.0. The summed E-state index contributed by atoms with van der Waals surface area (Å²) in [7, 11) is 0. The number of unbranched alkanes of at least 4 members (excludes halogenated alkanes) is 1. The molecule has 0 unspecified atom stereocenters. The van der Waals surface area contributed by atoms with E-state index >= 15 is 0 Å². The maximum absolute atomic E-state index is 14.0. The Labute approximate surface area is 212 Å². The molecule has 2 N–H and O–H groups in total. The minimum Gasteiger partial charge on any atom is -0.353 e. The van der Waals surface area contributed by atoms with Crippen molar-refractivity contribution in [2.45, 2.75) is 70.5 Å². The van der Waals surface area contributed by atoms with Gasteiger partial charge in [-0.05, 0) is 49.9 Å². The largest absolute Gasteiger partial charge is 0.353 e. The number of halogens is 2. The van der Waals surface area contributed by atoms with Gasteiger partial charge < -0.3 is 10.6 Å². The minimum absolute atomic E-state index is 0.0279. The van der Waals surface area contributed by atoms with Gasteiger partial charge in [-0.2, -0.15) is 0 Å². The average Bonchev–Trinajstić information content (AvgIpc) is 2.88. The second kappa shape index (κ2) is 11.9. The van der Waals surface area contributed by atoms with Crippen LogP contribution in [-0.4, -0.2) is 27.0 Å². The van der Waals surface area contributed by atoms with E-state index in [1.54, 1.807) is 24.3 Å². The Kier molecular flexibility index (Phi) is 8.47. The molecule has 1 aliphatic rings. The molecular formula is C27H30F2N4O4. The first-order valence-electron chi connectivity index (χ1n) is 12.6. The Balaban J connectivity index is 1.46. The van der Waals surface area contributed by atoms with Crippen molar-refractivity contribution in [3.63, 3.8) is 0 Å². The summed E-state index contributed by atoms with van der Waals surface area (Å²) >= 11 is 0. The molecule has 1 saturated carbocycles. The number of amides is 2. The number of hydrogen-bond acceptors (Lipinski definition) is 4. The molecule has 0 bridgehead atoms. The molecule has 2 aromatic carbocycles. The highest BCUT2D eigenvalue weighted by Gasteiger charge is 2.18. The highest BCUT2D eigenvalue weighted by Crippen LogP contribution is 2.18. The van der Waals surface area contributed by atoms with Crippen LogP contribution in [0.2, 0.25) is 0 Å². The number of anilines is 1. The third-order valence-electron chi connectivity index (χ3n) is 6.64. The molecule has 10 heteroatoms. The fourth-order valence-electron chi connectivity index (χ4n) is 4.75. The van der Waals surface area contributed by atoms with Gasteiger partial charge in [0.05, 0.1) is 16.6 Å². The van der Waals surface area contributed by atoms with Crippen LogP contribution in [0.5, 0.6) is 0 Å². The van der Waals surface area contributed by atoms with E-state index in [0.717, 1.165) is 47.0 Å². The third kappa shape index (κ3) is 6.49. The van der Waals surface area contributed by atoms with Gasteiger partial charge in [-0.1, -0.05) is 31.4 Å². The van der Waals surface area contributed by atoms with E-state index in [1.165, 1.54) is 6.42 Å². The summed E-state index contributed by atoms with van der Waals surface area (Å²) in [6.45, 7) is -0.381. The van der Waals surface area contributed by atoms with Crippen LogP contribution in [0, 0.1) is 11.6 Å². The van der Waals surface area contributed by atoms with Crippen molar-refractivity contribution < 1.29 is 18.4 Å². The summed E-state index contributed by atoms with van der Waals surface area (Å²) in [6.07, 6.45) is 6.68. The first-order chi connectivity index (χ1) is 17.8. The number of carbonyl (C=O) groups is 2. The summed E-state index contributed by atoms with van der Waals surface area (Å²) < 4.78 is 29.3. The zero-order valence-corrected chi connectivity index (χ0v) is 20.5. The molecule has 1 fully saturated rings. The summed E-state index contributed by atoms with van der Waals surface area (Å²) in [5.74, 6) is -2.46. The van der Waals surface area contributed by atoms with Crippen molar-refractivity contribution in [1.82, 2.24) is 14.5 Å². The second-order valence-electron chi connectivity index (χ2n) is 9.37. The highest BCUT2D eigenvalue weighted by atomic mass is 19.1. The van der Waals surface area contributed by atoms with E-state index in [-0.39, 0.29) is 35.1 Å². The minimum atomic E-state index is -0.942. The van der Waals surface area contributed by atoms with Crippen molar-refractivity contribution in [3.05, 3.63) is 74.9 Å². The van der Waals surface area contributed by atoms with Crippen molar-refractivity contribution in [3.8, 4) is 0 Å². The monoisotopic (exact) mass is 512 g/mol. The maximum atomic E-state index is 14.0. The number of carbonyl (C=O) groups excluding carboxylic acids is 2. The average molecular weight is 513 g/mol. The standard InChI is InChI=1S/C27H30F2N4O4/c28-18-13-14-22(21(29)16-18)31-25(35)17-33-23-11-5-4-10-20(23)26(36)32(27(33)37)15-7-6-12-24(34)30-19-8-2-1-3-9-19/h4-5,10-11,13-14,16,19H,1-3,6-9,12,15,17H2,(H,30,34)(H,31,35). The van der Waals surface area contributed by atoms with Crippen LogP contribution in [0.4, 0.5) is 14.5 Å². The summed E-state index contributed by atoms with van der Waals surface area (Å²) in [4.78, 5) is 51.2. The van der Waals surface area contributed by atoms with Crippen LogP contribution < -0.4 is 21.9 Å². The molecule has 1 heterocycles. The number of nitrogens with zero attached hydrogens (tertiary/aromatic N) is 2. The van der Waals surface area contributed by atoms with E-state index in [4.69, 9.17) is 0 Å². The molecule has 1 aromatic heterocycles. The van der Waals surface area contributed by atoms with E-state index in [0.29, 0.717) is 25.3 Å². The van der Waals surface area contributed by atoms with Crippen LogP contribution in [0.15, 0.2) is 52.1 Å². The molecule has 8 nitrogen and oxygen atoms in total. The van der Waals surface area contributed by atoms with Crippen molar-refractivity contribution >= 4 is 28.4 Å². The van der Waals surface area contributed by atoms with Gasteiger partial charge in [-0.3, -0.25) is 23.5 Å². The lowest BCUT2D eigenvalue weighted by atomic mass is 9.95. The first-order valence-corrected chi connectivity index (χ1v) is 12.6. The Morgan fingerprint density at radius 1 is 0.919 bits per heavy atom. The molecule has 0 atom stereocenters. The Morgan fingerprint density at radius 3 is 2.43 bits per heavy atom. The van der Waals surface area contributed by atoms with E-state index in [1.807, 2.05) is 0 Å². The maximum Gasteiger partial charge on any atom is 0.331 e. The summed E-state index contributed by atoms with van der Waals surface area (Å²) in [5.41, 5.74) is -1.10. The lowest BCUT2D eigenvalue weighted by Gasteiger charge is -2.22. The second-order valence-corrected chi connectivity index (χ2v) is 9.37. The van der Waals surface area contributed by atoms with Crippen molar-refractivity contribution in [1.29, 1.82) is 0 Å². The molecule has 0 saturated heterocycles. The van der Waals surface area contributed by atoms with E-state index in [9.17, 15) is 28.0 Å². The summed E-state index contributed by atoms with van der Waals surface area (Å²) in [6, 6.07) is 9.41. The zero-order valence-electron chi connectivity index (χ0n) is 20.5. The van der Waals surface area contributed by atoms with Crippen LogP contribution in [0.1, 0.15) is 51.4 Å². The highest BCUT2D eigenvalue weighted by molar-refractivity contribution is 5.91. The van der Waals surface area contributed by atoms with E-state index < -0.39 is 35.3 Å². The zero-order chi connectivity index (χ0) is 26.4. The molecule has 0 radical (unpaired) electrons.